The number of aliphatic imine (C=N–C) groups is 1. The van der Waals surface area contributed by atoms with Gasteiger partial charge in [-0.15, -0.1) is 0 Å². The van der Waals surface area contributed by atoms with Gasteiger partial charge in [0.15, 0.2) is 5.96 Å². The van der Waals surface area contributed by atoms with Crippen LogP contribution in [0.25, 0.3) is 0 Å². The van der Waals surface area contributed by atoms with E-state index in [1.165, 1.54) is 11.1 Å². The fraction of sp³-hybridized carbons (Fsp3) is 0.625. The Morgan fingerprint density at radius 2 is 1.97 bits per heavy atom. The number of hydrogen-bond donors (Lipinski definition) is 2. The molecule has 2 rings (SSSR count). The summed E-state index contributed by atoms with van der Waals surface area (Å²) >= 11 is 0. The molecular weight excluding hydrogens is 358 g/mol. The summed E-state index contributed by atoms with van der Waals surface area (Å²) in [7, 11) is 2.20. The highest BCUT2D eigenvalue weighted by Crippen LogP contribution is 2.12. The van der Waals surface area contributed by atoms with Crippen molar-refractivity contribution < 1.29 is 0 Å². The van der Waals surface area contributed by atoms with Crippen molar-refractivity contribution in [1.82, 2.24) is 20.4 Å². The second-order valence-corrected chi connectivity index (χ2v) is 8.45. The number of hydrogen-bond acceptors (Lipinski definition) is 3. The van der Waals surface area contributed by atoms with Gasteiger partial charge >= 0.3 is 0 Å². The molecule has 0 amide bonds. The predicted molar refractivity (Wildman–Crippen MR) is 125 cm³/mol. The molecule has 1 heterocycles. The van der Waals surface area contributed by atoms with Crippen LogP contribution in [0.1, 0.15) is 45.6 Å². The van der Waals surface area contributed by atoms with E-state index in [1.54, 1.807) is 0 Å². The Bertz CT molecular complexity index is 619. The molecule has 5 heteroatoms. The van der Waals surface area contributed by atoms with Crippen molar-refractivity contribution in [2.75, 3.05) is 39.8 Å². The van der Waals surface area contributed by atoms with Crippen LogP contribution in [0.5, 0.6) is 0 Å². The minimum atomic E-state index is 0.493. The first kappa shape index (κ1) is 23.4. The Morgan fingerprint density at radius 1 is 1.28 bits per heavy atom. The lowest BCUT2D eigenvalue weighted by Gasteiger charge is -2.33. The average molecular weight is 400 g/mol. The van der Waals surface area contributed by atoms with Crippen LogP contribution >= 0.6 is 0 Å². The largest absolute Gasteiger partial charge is 0.357 e. The second-order valence-electron chi connectivity index (χ2n) is 8.45. The molecular formula is C24H41N5. The van der Waals surface area contributed by atoms with E-state index in [-0.39, 0.29) is 0 Å². The van der Waals surface area contributed by atoms with Gasteiger partial charge in [0.25, 0.3) is 0 Å². The summed E-state index contributed by atoms with van der Waals surface area (Å²) in [4.78, 5) is 9.74. The SMILES string of the molecule is C=C(C)CN1CCC(NC(=NCCC(C)N(C)Cc2ccccc2)NCC)CC1. The van der Waals surface area contributed by atoms with Crippen molar-refractivity contribution in [2.45, 2.75) is 58.7 Å². The van der Waals surface area contributed by atoms with Crippen LogP contribution in [0, 0.1) is 0 Å². The number of nitrogens with one attached hydrogen (secondary N) is 2. The molecule has 29 heavy (non-hydrogen) atoms. The zero-order chi connectivity index (χ0) is 21.1. The fourth-order valence-electron chi connectivity index (χ4n) is 3.74. The van der Waals surface area contributed by atoms with Crippen molar-refractivity contribution >= 4 is 5.96 Å². The minimum absolute atomic E-state index is 0.493. The zero-order valence-electron chi connectivity index (χ0n) is 19.0. The average Bonchev–Trinajstić information content (AvgIpc) is 2.70. The summed E-state index contributed by atoms with van der Waals surface area (Å²) in [5, 5.41) is 7.06. The van der Waals surface area contributed by atoms with Gasteiger partial charge in [-0.1, -0.05) is 42.5 Å². The van der Waals surface area contributed by atoms with Gasteiger partial charge < -0.3 is 10.6 Å². The normalized spacial score (nSPS) is 17.3. The smallest absolute Gasteiger partial charge is 0.191 e. The Balaban J connectivity index is 1.76. The highest BCUT2D eigenvalue weighted by Gasteiger charge is 2.19. The van der Waals surface area contributed by atoms with E-state index in [1.807, 2.05) is 0 Å². The minimum Gasteiger partial charge on any atom is -0.357 e. The Kier molecular flexibility index (Phi) is 10.2. The molecule has 162 valence electrons. The molecule has 1 aromatic carbocycles. The van der Waals surface area contributed by atoms with E-state index < -0.39 is 0 Å². The van der Waals surface area contributed by atoms with E-state index in [9.17, 15) is 0 Å². The van der Waals surface area contributed by atoms with Gasteiger partial charge in [-0.2, -0.15) is 0 Å². The van der Waals surface area contributed by atoms with Gasteiger partial charge in [-0.25, -0.2) is 0 Å². The van der Waals surface area contributed by atoms with Gasteiger partial charge in [0.1, 0.15) is 0 Å². The van der Waals surface area contributed by atoms with Crippen molar-refractivity contribution in [3.8, 4) is 0 Å². The van der Waals surface area contributed by atoms with Gasteiger partial charge in [0.2, 0.25) is 0 Å². The maximum absolute atomic E-state index is 4.84. The summed E-state index contributed by atoms with van der Waals surface area (Å²) in [5.41, 5.74) is 2.61. The number of likely N-dealkylation sites (tertiary alicyclic amines) is 1. The lowest BCUT2D eigenvalue weighted by atomic mass is 10.0. The van der Waals surface area contributed by atoms with E-state index in [0.29, 0.717) is 12.1 Å². The molecule has 0 spiro atoms. The third kappa shape index (κ3) is 9.01. The molecule has 5 nitrogen and oxygen atoms in total. The molecule has 0 aromatic heterocycles. The molecule has 1 aliphatic heterocycles. The predicted octanol–water partition coefficient (Wildman–Crippen LogP) is 3.49. The summed E-state index contributed by atoms with van der Waals surface area (Å²) in [6.07, 6.45) is 3.37. The molecule has 1 atom stereocenters. The molecule has 1 aliphatic rings. The quantitative estimate of drug-likeness (QED) is 0.359. The fourth-order valence-corrected chi connectivity index (χ4v) is 3.74. The van der Waals surface area contributed by atoms with E-state index in [0.717, 1.165) is 64.5 Å². The lowest BCUT2D eigenvalue weighted by Crippen LogP contribution is -2.49. The summed E-state index contributed by atoms with van der Waals surface area (Å²) in [6, 6.07) is 11.7. The molecule has 1 saturated heterocycles. The van der Waals surface area contributed by atoms with Gasteiger partial charge in [0.05, 0.1) is 0 Å². The third-order valence-corrected chi connectivity index (χ3v) is 5.61. The first-order valence-electron chi connectivity index (χ1n) is 11.1. The number of piperidine rings is 1. The van der Waals surface area contributed by atoms with Crippen LogP contribution in [-0.2, 0) is 6.54 Å². The van der Waals surface area contributed by atoms with E-state index >= 15 is 0 Å². The maximum atomic E-state index is 4.84. The van der Waals surface area contributed by atoms with Crippen LogP contribution in [0.15, 0.2) is 47.5 Å². The number of benzene rings is 1. The standard InChI is InChI=1S/C24H41N5/c1-6-25-24(27-23-13-16-29(17-14-23)18-20(2)3)26-15-12-21(4)28(5)19-22-10-8-7-9-11-22/h7-11,21,23H,2,6,12-19H2,1,3-5H3,(H2,25,26,27). The molecule has 1 fully saturated rings. The topological polar surface area (TPSA) is 42.9 Å². The number of rotatable bonds is 10. The number of guanidine groups is 1. The highest BCUT2D eigenvalue weighted by atomic mass is 15.2. The molecule has 0 saturated carbocycles. The Hall–Kier alpha value is -1.85. The first-order chi connectivity index (χ1) is 14.0. The summed E-state index contributed by atoms with van der Waals surface area (Å²) in [6.45, 7) is 16.6. The molecule has 1 unspecified atom stereocenters. The number of nitrogens with zero attached hydrogens (tertiary/aromatic N) is 3. The Morgan fingerprint density at radius 3 is 2.59 bits per heavy atom. The molecule has 1 aromatic rings. The van der Waals surface area contributed by atoms with Crippen molar-refractivity contribution in [3.05, 3.63) is 48.0 Å². The van der Waals surface area contributed by atoms with E-state index in [2.05, 4.69) is 85.2 Å². The monoisotopic (exact) mass is 399 g/mol. The molecule has 0 radical (unpaired) electrons. The van der Waals surface area contributed by atoms with Crippen molar-refractivity contribution in [2.24, 2.45) is 4.99 Å². The molecule has 2 N–H and O–H groups in total. The Labute approximate surface area is 178 Å². The molecule has 0 bridgehead atoms. The highest BCUT2D eigenvalue weighted by molar-refractivity contribution is 5.80. The maximum Gasteiger partial charge on any atom is 0.191 e. The van der Waals surface area contributed by atoms with Gasteiger partial charge in [-0.3, -0.25) is 14.8 Å². The first-order valence-corrected chi connectivity index (χ1v) is 11.1. The van der Waals surface area contributed by atoms with Crippen LogP contribution in [0.4, 0.5) is 0 Å². The van der Waals surface area contributed by atoms with Crippen LogP contribution in [0.3, 0.4) is 0 Å². The third-order valence-electron chi connectivity index (χ3n) is 5.61. The van der Waals surface area contributed by atoms with Crippen molar-refractivity contribution in [3.63, 3.8) is 0 Å². The summed E-state index contributed by atoms with van der Waals surface area (Å²) < 4.78 is 0. The van der Waals surface area contributed by atoms with Crippen LogP contribution < -0.4 is 10.6 Å². The summed E-state index contributed by atoms with van der Waals surface area (Å²) in [5.74, 6) is 0.962. The van der Waals surface area contributed by atoms with Gasteiger partial charge in [0, 0.05) is 51.4 Å². The van der Waals surface area contributed by atoms with Crippen LogP contribution in [-0.4, -0.2) is 67.6 Å². The van der Waals surface area contributed by atoms with E-state index in [4.69, 9.17) is 4.99 Å². The second kappa shape index (κ2) is 12.7. The van der Waals surface area contributed by atoms with Crippen LogP contribution in [0.2, 0.25) is 0 Å². The van der Waals surface area contributed by atoms with Gasteiger partial charge in [-0.05, 0) is 52.6 Å². The van der Waals surface area contributed by atoms with Crippen molar-refractivity contribution in [1.29, 1.82) is 0 Å². The zero-order valence-corrected chi connectivity index (χ0v) is 19.0. The molecule has 0 aliphatic carbocycles. The lowest BCUT2D eigenvalue weighted by molar-refractivity contribution is 0.221.